The van der Waals surface area contributed by atoms with Gasteiger partial charge in [-0.2, -0.15) is 0 Å². The zero-order valence-corrected chi connectivity index (χ0v) is 12.0. The van der Waals surface area contributed by atoms with Gasteiger partial charge >= 0.3 is 0 Å². The minimum atomic E-state index is -0.521. The molecule has 0 aromatic heterocycles. The Morgan fingerprint density at radius 3 is 2.65 bits per heavy atom. The van der Waals surface area contributed by atoms with Crippen LogP contribution in [0.5, 0.6) is 0 Å². The van der Waals surface area contributed by atoms with Crippen LogP contribution < -0.4 is 11.1 Å². The van der Waals surface area contributed by atoms with Crippen molar-refractivity contribution in [1.29, 1.82) is 0 Å². The molecule has 0 fully saturated rings. The van der Waals surface area contributed by atoms with E-state index in [4.69, 9.17) is 5.73 Å². The highest BCUT2D eigenvalue weighted by molar-refractivity contribution is 5.82. The maximum Gasteiger partial charge on any atom is 0.237 e. The molecule has 0 bridgehead atoms. The first-order valence-electron chi connectivity index (χ1n) is 6.95. The fourth-order valence-corrected chi connectivity index (χ4v) is 2.29. The van der Waals surface area contributed by atoms with E-state index in [0.29, 0.717) is 6.42 Å². The fourth-order valence-electron chi connectivity index (χ4n) is 2.29. The number of hydrogen-bond donors (Lipinski definition) is 2. The number of rotatable bonds is 4. The highest BCUT2D eigenvalue weighted by Crippen LogP contribution is 2.26. The number of hydrogen-bond acceptors (Lipinski definition) is 2. The maximum absolute atomic E-state index is 12.2. The first kappa shape index (κ1) is 14.5. The molecule has 0 spiro atoms. The SMILES string of the molecule is CC1(C)C=CC=CC1NC(=O)[C@@H](N)Cc1ccccc1. The Kier molecular flexibility index (Phi) is 4.40. The summed E-state index contributed by atoms with van der Waals surface area (Å²) in [5.41, 5.74) is 6.99. The molecular formula is C17H22N2O. The summed E-state index contributed by atoms with van der Waals surface area (Å²) in [6.07, 6.45) is 8.62. The average molecular weight is 270 g/mol. The number of carbonyl (C=O) groups is 1. The second-order valence-corrected chi connectivity index (χ2v) is 5.85. The summed E-state index contributed by atoms with van der Waals surface area (Å²) in [5.74, 6) is -0.105. The molecule has 0 radical (unpaired) electrons. The monoisotopic (exact) mass is 270 g/mol. The minimum absolute atomic E-state index is 0.0122. The van der Waals surface area contributed by atoms with Crippen LogP contribution in [0.25, 0.3) is 0 Å². The van der Waals surface area contributed by atoms with E-state index in [1.165, 1.54) is 0 Å². The van der Waals surface area contributed by atoms with E-state index in [2.05, 4.69) is 25.2 Å². The van der Waals surface area contributed by atoms with Gasteiger partial charge in [0, 0.05) is 5.41 Å². The van der Waals surface area contributed by atoms with E-state index < -0.39 is 6.04 Å². The fraction of sp³-hybridized carbons (Fsp3) is 0.353. The molecule has 3 N–H and O–H groups in total. The van der Waals surface area contributed by atoms with E-state index in [1.54, 1.807) is 0 Å². The number of nitrogens with two attached hydrogens (primary N) is 1. The van der Waals surface area contributed by atoms with Gasteiger partial charge in [0.05, 0.1) is 12.1 Å². The Hall–Kier alpha value is -1.87. The third kappa shape index (κ3) is 3.58. The molecule has 1 aliphatic rings. The molecule has 20 heavy (non-hydrogen) atoms. The highest BCUT2D eigenvalue weighted by atomic mass is 16.2. The second kappa shape index (κ2) is 6.06. The third-order valence-corrected chi connectivity index (χ3v) is 3.67. The van der Waals surface area contributed by atoms with Gasteiger partial charge in [-0.1, -0.05) is 68.5 Å². The summed E-state index contributed by atoms with van der Waals surface area (Å²) in [6, 6.07) is 9.31. The van der Waals surface area contributed by atoms with Crippen molar-refractivity contribution in [3.05, 3.63) is 60.2 Å². The normalized spacial score (nSPS) is 21.4. The number of benzene rings is 1. The van der Waals surface area contributed by atoms with Crippen LogP contribution in [0.1, 0.15) is 19.4 Å². The van der Waals surface area contributed by atoms with Gasteiger partial charge in [-0.3, -0.25) is 4.79 Å². The Labute approximate surface area is 120 Å². The predicted octanol–water partition coefficient (Wildman–Crippen LogP) is 2.19. The van der Waals surface area contributed by atoms with Crippen LogP contribution in [0.2, 0.25) is 0 Å². The quantitative estimate of drug-likeness (QED) is 0.881. The van der Waals surface area contributed by atoms with Crippen molar-refractivity contribution in [2.75, 3.05) is 0 Å². The van der Waals surface area contributed by atoms with Crippen LogP contribution in [-0.2, 0) is 11.2 Å². The van der Waals surface area contributed by atoms with Crippen molar-refractivity contribution >= 4 is 5.91 Å². The first-order valence-corrected chi connectivity index (χ1v) is 6.95. The summed E-state index contributed by atoms with van der Waals surface area (Å²) in [4.78, 5) is 12.2. The first-order chi connectivity index (χ1) is 9.49. The standard InChI is InChI=1S/C17H22N2O/c1-17(2)11-7-6-10-15(17)19-16(20)14(18)12-13-8-4-3-5-9-13/h3-11,14-15H,12,18H2,1-2H3,(H,19,20)/t14-,15?/m0/s1. The summed E-state index contributed by atoms with van der Waals surface area (Å²) in [7, 11) is 0. The van der Waals surface area contributed by atoms with Gasteiger partial charge < -0.3 is 11.1 Å². The number of allylic oxidation sites excluding steroid dienone is 2. The molecule has 1 aromatic rings. The Morgan fingerprint density at radius 2 is 2.00 bits per heavy atom. The molecule has 1 unspecified atom stereocenters. The number of carbonyl (C=O) groups excluding carboxylic acids is 1. The lowest BCUT2D eigenvalue weighted by Gasteiger charge is -2.32. The Balaban J connectivity index is 1.95. The van der Waals surface area contributed by atoms with Crippen molar-refractivity contribution in [3.63, 3.8) is 0 Å². The molecule has 0 aliphatic heterocycles. The van der Waals surface area contributed by atoms with Gasteiger partial charge in [0.25, 0.3) is 0 Å². The van der Waals surface area contributed by atoms with Crippen LogP contribution in [0.3, 0.4) is 0 Å². The van der Waals surface area contributed by atoms with Gasteiger partial charge in [0.1, 0.15) is 0 Å². The van der Waals surface area contributed by atoms with Crippen LogP contribution in [0, 0.1) is 5.41 Å². The Morgan fingerprint density at radius 1 is 1.30 bits per heavy atom. The highest BCUT2D eigenvalue weighted by Gasteiger charge is 2.29. The van der Waals surface area contributed by atoms with Crippen LogP contribution in [0.15, 0.2) is 54.6 Å². The molecule has 2 atom stereocenters. The molecule has 3 heteroatoms. The summed E-state index contributed by atoms with van der Waals surface area (Å²) < 4.78 is 0. The second-order valence-electron chi connectivity index (χ2n) is 5.85. The van der Waals surface area contributed by atoms with Crippen molar-refractivity contribution in [2.45, 2.75) is 32.4 Å². The lowest BCUT2D eigenvalue weighted by molar-refractivity contribution is -0.123. The van der Waals surface area contributed by atoms with Gasteiger partial charge in [0.15, 0.2) is 0 Å². The molecule has 1 aliphatic carbocycles. The van der Waals surface area contributed by atoms with Crippen molar-refractivity contribution < 1.29 is 4.79 Å². The van der Waals surface area contributed by atoms with E-state index in [-0.39, 0.29) is 17.4 Å². The molecule has 106 valence electrons. The van der Waals surface area contributed by atoms with Gasteiger partial charge in [-0.25, -0.2) is 0 Å². The Bertz CT molecular complexity index is 517. The van der Waals surface area contributed by atoms with Gasteiger partial charge in [-0.05, 0) is 12.0 Å². The van der Waals surface area contributed by atoms with Crippen molar-refractivity contribution in [3.8, 4) is 0 Å². The average Bonchev–Trinajstić information content (AvgIpc) is 2.42. The largest absolute Gasteiger partial charge is 0.348 e. The number of nitrogens with one attached hydrogen (secondary N) is 1. The van der Waals surface area contributed by atoms with E-state index in [9.17, 15) is 4.79 Å². The summed E-state index contributed by atoms with van der Waals surface area (Å²) >= 11 is 0. The van der Waals surface area contributed by atoms with E-state index >= 15 is 0 Å². The van der Waals surface area contributed by atoms with E-state index in [0.717, 1.165) is 5.56 Å². The van der Waals surface area contributed by atoms with Gasteiger partial charge in [-0.15, -0.1) is 0 Å². The number of amides is 1. The molecule has 2 rings (SSSR count). The lowest BCUT2D eigenvalue weighted by atomic mass is 9.81. The lowest BCUT2D eigenvalue weighted by Crippen LogP contribution is -2.50. The topological polar surface area (TPSA) is 55.1 Å². The summed E-state index contributed by atoms with van der Waals surface area (Å²) in [6.45, 7) is 4.20. The minimum Gasteiger partial charge on any atom is -0.348 e. The molecular weight excluding hydrogens is 248 g/mol. The van der Waals surface area contributed by atoms with Gasteiger partial charge in [0.2, 0.25) is 5.91 Å². The zero-order valence-electron chi connectivity index (χ0n) is 12.0. The zero-order chi connectivity index (χ0) is 14.6. The smallest absolute Gasteiger partial charge is 0.237 e. The molecule has 0 saturated carbocycles. The predicted molar refractivity (Wildman–Crippen MR) is 82.1 cm³/mol. The van der Waals surface area contributed by atoms with Crippen LogP contribution in [0.4, 0.5) is 0 Å². The molecule has 1 aromatic carbocycles. The van der Waals surface area contributed by atoms with Crippen LogP contribution in [-0.4, -0.2) is 18.0 Å². The summed E-state index contributed by atoms with van der Waals surface area (Å²) in [5, 5.41) is 3.03. The van der Waals surface area contributed by atoms with Crippen LogP contribution >= 0.6 is 0 Å². The molecule has 0 saturated heterocycles. The van der Waals surface area contributed by atoms with Crippen molar-refractivity contribution in [2.24, 2.45) is 11.1 Å². The molecule has 1 amide bonds. The van der Waals surface area contributed by atoms with Crippen molar-refractivity contribution in [1.82, 2.24) is 5.32 Å². The molecule has 0 heterocycles. The third-order valence-electron chi connectivity index (χ3n) is 3.67. The molecule has 3 nitrogen and oxygen atoms in total. The maximum atomic E-state index is 12.2. The van der Waals surface area contributed by atoms with E-state index in [1.807, 2.05) is 48.6 Å².